The van der Waals surface area contributed by atoms with Crippen LogP contribution in [0.15, 0.2) is 49.7 Å². The first-order chi connectivity index (χ1) is 25.2. The van der Waals surface area contributed by atoms with Crippen LogP contribution in [0.3, 0.4) is 0 Å². The summed E-state index contributed by atoms with van der Waals surface area (Å²) in [5, 5.41) is 0. The molecule has 0 N–H and O–H groups in total. The smallest absolute Gasteiger partial charge is 0.161 e. The minimum Gasteiger partial charge on any atom is -0.297 e. The van der Waals surface area contributed by atoms with Crippen molar-refractivity contribution in [3.8, 4) is 41.8 Å². The monoisotopic (exact) mass is 1180 g/mol. The Balaban J connectivity index is 0.000000153. The Morgan fingerprint density at radius 3 is 0.909 bits per heavy atom. The van der Waals surface area contributed by atoms with E-state index in [2.05, 4.69) is 175 Å². The number of hydrogen-bond donors (Lipinski definition) is 0. The van der Waals surface area contributed by atoms with Gasteiger partial charge in [0.25, 0.3) is 0 Å². The molecule has 4 aliphatic rings. The normalized spacial score (nSPS) is 17.1. The predicted molar refractivity (Wildman–Crippen MR) is 258 cm³/mol. The number of benzene rings is 2. The average molecular weight is 1190 g/mol. The summed E-state index contributed by atoms with van der Waals surface area (Å²) >= 11 is 29.2. The molecule has 0 saturated heterocycles. The highest BCUT2D eigenvalue weighted by molar-refractivity contribution is 9.14. The summed E-state index contributed by atoms with van der Waals surface area (Å²) in [6, 6.07) is 9.55. The quantitative estimate of drug-likeness (QED) is 0.162. The fraction of sp³-hybridized carbons (Fsp3) is 0.302. The van der Waals surface area contributed by atoms with Gasteiger partial charge in [0.1, 0.15) is 0 Å². The van der Waals surface area contributed by atoms with Crippen LogP contribution < -0.4 is 0 Å². The lowest BCUT2D eigenvalue weighted by atomic mass is 9.79. The maximum Gasteiger partial charge on any atom is 0.161 e. The van der Waals surface area contributed by atoms with Crippen molar-refractivity contribution < 1.29 is 9.59 Å². The van der Waals surface area contributed by atoms with E-state index in [1.165, 1.54) is 103 Å². The van der Waals surface area contributed by atoms with E-state index in [1.54, 1.807) is 22.7 Å². The minimum atomic E-state index is -0.189. The van der Waals surface area contributed by atoms with Crippen molar-refractivity contribution in [3.05, 3.63) is 104 Å². The topological polar surface area (TPSA) is 34.1 Å². The molecule has 0 saturated carbocycles. The number of aldehydes is 2. The van der Waals surface area contributed by atoms with Crippen LogP contribution >= 0.6 is 141 Å². The van der Waals surface area contributed by atoms with E-state index in [0.717, 1.165) is 31.3 Å². The van der Waals surface area contributed by atoms with Gasteiger partial charge in [0, 0.05) is 59.1 Å². The summed E-state index contributed by atoms with van der Waals surface area (Å²) in [4.78, 5) is 29.7. The van der Waals surface area contributed by atoms with Crippen LogP contribution in [0.25, 0.3) is 41.8 Å². The Kier molecular flexibility index (Phi) is 9.91. The molecule has 2 nitrogen and oxygen atoms in total. The molecule has 6 aromatic rings. The van der Waals surface area contributed by atoms with E-state index in [9.17, 15) is 9.59 Å². The average Bonchev–Trinajstić information content (AvgIpc) is 3.95. The summed E-state index contributed by atoms with van der Waals surface area (Å²) in [5.74, 6) is 0. The summed E-state index contributed by atoms with van der Waals surface area (Å²) in [7, 11) is 0. The van der Waals surface area contributed by atoms with Crippen LogP contribution in [-0.2, 0) is 21.7 Å². The number of hydrogen-bond acceptors (Lipinski definition) is 6. The Bertz CT molecular complexity index is 2550. The number of fused-ring (bicyclic) bond motifs is 12. The Labute approximate surface area is 388 Å². The van der Waals surface area contributed by atoms with Gasteiger partial charge in [-0.1, -0.05) is 62.8 Å². The summed E-state index contributed by atoms with van der Waals surface area (Å²) in [6.07, 6.45) is 1.88. The van der Waals surface area contributed by atoms with E-state index in [4.69, 9.17) is 0 Å². The second kappa shape index (κ2) is 13.2. The van der Waals surface area contributed by atoms with Crippen LogP contribution in [-0.4, -0.2) is 12.6 Å². The molecule has 0 atom stereocenters. The van der Waals surface area contributed by atoms with Crippen molar-refractivity contribution in [2.45, 2.75) is 84.5 Å². The highest BCUT2D eigenvalue weighted by Gasteiger charge is 2.47. The van der Waals surface area contributed by atoms with Gasteiger partial charge in [-0.2, -0.15) is 0 Å². The van der Waals surface area contributed by atoms with Crippen LogP contribution in [0.4, 0.5) is 0 Å². The van der Waals surface area contributed by atoms with Crippen molar-refractivity contribution in [2.75, 3.05) is 0 Å². The number of thiophene rings is 4. The van der Waals surface area contributed by atoms with E-state index >= 15 is 0 Å². The first-order valence-corrected chi connectivity index (χ1v) is 25.1. The van der Waals surface area contributed by atoms with Gasteiger partial charge < -0.3 is 0 Å². The molecular formula is C43H34Br6O2S4. The fourth-order valence-electron chi connectivity index (χ4n) is 9.32. The molecule has 0 radical (unpaired) electrons. The molecule has 4 heterocycles. The largest absolute Gasteiger partial charge is 0.297 e. The van der Waals surface area contributed by atoms with Crippen LogP contribution in [0.2, 0.25) is 0 Å². The lowest BCUT2D eigenvalue weighted by Crippen LogP contribution is -2.17. The minimum absolute atomic E-state index is 0. The van der Waals surface area contributed by atoms with Crippen molar-refractivity contribution >= 4 is 153 Å². The van der Waals surface area contributed by atoms with Crippen molar-refractivity contribution in [1.82, 2.24) is 0 Å². The van der Waals surface area contributed by atoms with Gasteiger partial charge in [-0.25, -0.2) is 0 Å². The maximum atomic E-state index is 11.5. The van der Waals surface area contributed by atoms with E-state index < -0.39 is 0 Å². The Morgan fingerprint density at radius 1 is 0.418 bits per heavy atom. The van der Waals surface area contributed by atoms with Gasteiger partial charge in [0.15, 0.2) is 12.6 Å². The molecule has 4 aromatic heterocycles. The molecule has 4 aliphatic carbocycles. The number of carbonyl (C=O) groups excluding carboxylic acids is 2. The number of carbonyl (C=O) groups is 2. The molecule has 55 heavy (non-hydrogen) atoms. The fourth-order valence-corrected chi connectivity index (χ4v) is 19.8. The third-order valence-electron chi connectivity index (χ3n) is 12.1. The van der Waals surface area contributed by atoms with E-state index in [-0.39, 0.29) is 29.1 Å². The molecular weight excluding hydrogens is 1160 g/mol. The predicted octanol–water partition coefficient (Wildman–Crippen LogP) is 17.7. The van der Waals surface area contributed by atoms with Crippen LogP contribution in [0, 0.1) is 0 Å². The van der Waals surface area contributed by atoms with Crippen LogP contribution in [0.5, 0.6) is 0 Å². The van der Waals surface area contributed by atoms with Gasteiger partial charge in [0.2, 0.25) is 0 Å². The molecule has 0 spiro atoms. The highest BCUT2D eigenvalue weighted by atomic mass is 79.9. The molecule has 12 heteroatoms. The second-order valence-electron chi connectivity index (χ2n) is 16.4. The van der Waals surface area contributed by atoms with Gasteiger partial charge in [-0.15, -0.1) is 45.3 Å². The highest BCUT2D eigenvalue weighted by Crippen LogP contribution is 2.64. The van der Waals surface area contributed by atoms with Gasteiger partial charge in [-0.05, 0) is 187 Å². The molecule has 0 bridgehead atoms. The summed E-state index contributed by atoms with van der Waals surface area (Å²) in [6.45, 7) is 18.3. The van der Waals surface area contributed by atoms with Gasteiger partial charge in [0.05, 0.1) is 17.3 Å². The Morgan fingerprint density at radius 2 is 0.655 bits per heavy atom. The molecule has 284 valence electrons. The molecule has 0 amide bonds. The Hall–Kier alpha value is -0.540. The van der Waals surface area contributed by atoms with Gasteiger partial charge in [-0.3, -0.25) is 9.59 Å². The first kappa shape index (κ1) is 41.2. The first-order valence-electron chi connectivity index (χ1n) is 17.1. The molecule has 2 aromatic carbocycles. The SMILES string of the molecule is C.CC1(C)c2cc3c(cc2-c2sc(Br)c(Br)c21)C(C)(C)c1c-3sc(Br)c1Br.CC1(C)c2cc3c(cc2-c2sc(C=O)c(Br)c21)C(C)(C)c1c-3sc(C=O)c1Br. The lowest BCUT2D eigenvalue weighted by molar-refractivity contribution is 0.111. The lowest BCUT2D eigenvalue weighted by Gasteiger charge is -2.25. The van der Waals surface area contributed by atoms with Gasteiger partial charge >= 0.3 is 0 Å². The molecule has 0 unspecified atom stereocenters. The van der Waals surface area contributed by atoms with Crippen molar-refractivity contribution in [3.63, 3.8) is 0 Å². The third-order valence-corrected chi connectivity index (χ3v) is 23.5. The zero-order valence-corrected chi connectivity index (χ0v) is 43.0. The molecule has 0 fully saturated rings. The van der Waals surface area contributed by atoms with Crippen molar-refractivity contribution in [2.24, 2.45) is 0 Å². The number of halogens is 6. The van der Waals surface area contributed by atoms with E-state index in [0.29, 0.717) is 0 Å². The summed E-state index contributed by atoms with van der Waals surface area (Å²) < 4.78 is 6.64. The van der Waals surface area contributed by atoms with Crippen molar-refractivity contribution in [1.29, 1.82) is 0 Å². The third kappa shape index (κ3) is 5.30. The number of rotatable bonds is 2. The second-order valence-corrected chi connectivity index (χ2v) is 26.3. The molecule has 10 rings (SSSR count). The zero-order chi connectivity index (χ0) is 38.9. The van der Waals surface area contributed by atoms with Crippen LogP contribution in [0.1, 0.15) is 127 Å². The standard InChI is InChI=1S/C22H16Br2O2S2.C20H14Br4S2.CH4/c1-21(2)11-5-10-12(6-9(11)19-15(21)17(23)13(7-25)27-19)22(3,4)16-18(24)14(8-26)28-20(10)16;1-19(2)9-5-8-10(6-7(9)15-11(19)13(21)17(23)25-15)20(3,4)12-14(22)18(24)26-16(8)12;/h5-8H,1-4H3;5-6H,1-4H3;1H4. The van der Waals surface area contributed by atoms with E-state index in [1.807, 2.05) is 22.7 Å². The maximum absolute atomic E-state index is 11.5. The zero-order valence-electron chi connectivity index (χ0n) is 30.2. The molecule has 0 aliphatic heterocycles. The summed E-state index contributed by atoms with van der Waals surface area (Å²) in [5.41, 5.74) is 15.6.